The lowest BCUT2D eigenvalue weighted by atomic mass is 9.77. The Kier molecular flexibility index (Phi) is 10.2. The molecule has 9 nitrogen and oxygen atoms in total. The molecular formula is C26H26F8N2O7. The summed E-state index contributed by atoms with van der Waals surface area (Å²) in [6.07, 6.45) is -10.4. The number of carboxylic acids is 1. The number of rotatable bonds is 7. The number of hydrogen-bond donors (Lipinski definition) is 3. The molecule has 0 radical (unpaired) electrons. The zero-order valence-electron chi connectivity index (χ0n) is 22.4. The van der Waals surface area contributed by atoms with Crippen molar-refractivity contribution in [3.63, 3.8) is 0 Å². The van der Waals surface area contributed by atoms with Crippen molar-refractivity contribution < 1.29 is 69.1 Å². The molecule has 2 aliphatic heterocycles. The van der Waals surface area contributed by atoms with Crippen LogP contribution < -0.4 is 10.1 Å². The minimum atomic E-state index is -5.08. The number of anilines is 1. The van der Waals surface area contributed by atoms with Crippen LogP contribution in [-0.2, 0) is 25.7 Å². The van der Waals surface area contributed by atoms with Gasteiger partial charge in [-0.2, -0.15) is 30.7 Å². The molecule has 4 atom stereocenters. The first-order chi connectivity index (χ1) is 19.9. The van der Waals surface area contributed by atoms with Crippen LogP contribution in [0.25, 0.3) is 0 Å². The molecule has 0 bridgehead atoms. The maximum atomic E-state index is 14.9. The van der Waals surface area contributed by atoms with Gasteiger partial charge in [-0.1, -0.05) is 13.0 Å². The van der Waals surface area contributed by atoms with Gasteiger partial charge in [-0.05, 0) is 25.1 Å². The van der Waals surface area contributed by atoms with Crippen LogP contribution in [0.5, 0.6) is 5.75 Å². The highest BCUT2D eigenvalue weighted by atomic mass is 19.4. The molecule has 2 aromatic rings. The van der Waals surface area contributed by atoms with Crippen LogP contribution in [-0.4, -0.2) is 71.0 Å². The van der Waals surface area contributed by atoms with Crippen LogP contribution in [0.1, 0.15) is 31.0 Å². The minimum absolute atomic E-state index is 0.0361. The van der Waals surface area contributed by atoms with E-state index in [9.17, 15) is 39.9 Å². The van der Waals surface area contributed by atoms with Crippen LogP contribution in [0.3, 0.4) is 0 Å². The van der Waals surface area contributed by atoms with Crippen molar-refractivity contribution in [2.45, 2.75) is 50.4 Å². The number of aliphatic hydroxyl groups is 1. The summed E-state index contributed by atoms with van der Waals surface area (Å²) in [6.45, 7) is 2.40. The van der Waals surface area contributed by atoms with Gasteiger partial charge < -0.3 is 29.7 Å². The predicted molar refractivity (Wildman–Crippen MR) is 130 cm³/mol. The van der Waals surface area contributed by atoms with Crippen molar-refractivity contribution in [1.82, 2.24) is 4.98 Å². The van der Waals surface area contributed by atoms with E-state index < -0.39 is 65.2 Å². The van der Waals surface area contributed by atoms with Crippen molar-refractivity contribution >= 4 is 17.6 Å². The van der Waals surface area contributed by atoms with Gasteiger partial charge in [-0.3, -0.25) is 9.78 Å². The summed E-state index contributed by atoms with van der Waals surface area (Å²) in [5.41, 5.74) is -2.40. The quantitative estimate of drug-likeness (QED) is 0.380. The number of ether oxygens (including phenoxy) is 3. The summed E-state index contributed by atoms with van der Waals surface area (Å²) in [7, 11) is 0. The summed E-state index contributed by atoms with van der Waals surface area (Å²) < 4.78 is 119. The monoisotopic (exact) mass is 630 g/mol. The fourth-order valence-corrected chi connectivity index (χ4v) is 4.37. The smallest absolute Gasteiger partial charge is 0.490 e. The molecular weight excluding hydrogens is 604 g/mol. The van der Waals surface area contributed by atoms with E-state index in [-0.39, 0.29) is 30.4 Å². The molecule has 4 rings (SSSR count). The maximum absolute atomic E-state index is 14.9. The SMILES string of the molecule is C[C@H]1[C@@H](c2ccc(F)c(F)c2OCC2COC2)[C@H](C(=O)Nc2ccc(CO)nc2)O[C@@]1(C)C(F)(F)F.O=C(O)C(F)(F)F. The summed E-state index contributed by atoms with van der Waals surface area (Å²) in [5, 5.41) is 18.7. The Labute approximate surface area is 238 Å². The van der Waals surface area contributed by atoms with Gasteiger partial charge in [-0.25, -0.2) is 9.18 Å². The molecule has 1 aromatic carbocycles. The number of carbonyl (C=O) groups is 2. The number of halogens is 8. The van der Waals surface area contributed by atoms with Gasteiger partial charge >= 0.3 is 18.3 Å². The normalized spacial score (nSPS) is 24.0. The molecule has 2 fully saturated rings. The molecule has 0 unspecified atom stereocenters. The number of nitrogens with zero attached hydrogens (tertiary/aromatic N) is 1. The maximum Gasteiger partial charge on any atom is 0.490 e. The van der Waals surface area contributed by atoms with E-state index in [0.717, 1.165) is 19.1 Å². The predicted octanol–water partition coefficient (Wildman–Crippen LogP) is 4.59. The number of amides is 1. The molecule has 3 heterocycles. The Morgan fingerprint density at radius 2 is 1.74 bits per heavy atom. The van der Waals surface area contributed by atoms with E-state index in [2.05, 4.69) is 10.3 Å². The molecule has 2 saturated heterocycles. The Morgan fingerprint density at radius 1 is 1.12 bits per heavy atom. The second-order valence-corrected chi connectivity index (χ2v) is 9.94. The fourth-order valence-electron chi connectivity index (χ4n) is 4.37. The lowest BCUT2D eigenvalue weighted by Gasteiger charge is -2.32. The minimum Gasteiger partial charge on any atom is -0.490 e. The third-order valence-corrected chi connectivity index (χ3v) is 7.03. The lowest BCUT2D eigenvalue weighted by Crippen LogP contribution is -2.47. The van der Waals surface area contributed by atoms with Crippen molar-refractivity contribution in [3.8, 4) is 5.75 Å². The molecule has 0 spiro atoms. The van der Waals surface area contributed by atoms with Crippen molar-refractivity contribution in [1.29, 1.82) is 0 Å². The number of carbonyl (C=O) groups excluding carboxylic acids is 1. The summed E-state index contributed by atoms with van der Waals surface area (Å²) in [6, 6.07) is 4.75. The molecule has 1 amide bonds. The number of aromatic nitrogens is 1. The van der Waals surface area contributed by atoms with Crippen LogP contribution in [0.15, 0.2) is 30.5 Å². The van der Waals surface area contributed by atoms with Gasteiger partial charge in [0.05, 0.1) is 44.0 Å². The summed E-state index contributed by atoms with van der Waals surface area (Å²) >= 11 is 0. The first-order valence-corrected chi connectivity index (χ1v) is 12.5. The highest BCUT2D eigenvalue weighted by Crippen LogP contribution is 2.55. The first-order valence-electron chi connectivity index (χ1n) is 12.5. The van der Waals surface area contributed by atoms with E-state index in [1.807, 2.05) is 0 Å². The largest absolute Gasteiger partial charge is 0.490 e. The molecule has 43 heavy (non-hydrogen) atoms. The van der Waals surface area contributed by atoms with E-state index in [0.29, 0.717) is 18.9 Å². The van der Waals surface area contributed by atoms with Crippen molar-refractivity contribution in [2.75, 3.05) is 25.1 Å². The van der Waals surface area contributed by atoms with Gasteiger partial charge in [-0.15, -0.1) is 0 Å². The summed E-state index contributed by atoms with van der Waals surface area (Å²) in [4.78, 5) is 26.0. The van der Waals surface area contributed by atoms with Crippen molar-refractivity contribution in [3.05, 3.63) is 53.4 Å². The number of benzene rings is 1. The lowest BCUT2D eigenvalue weighted by molar-refractivity contribution is -0.272. The second-order valence-electron chi connectivity index (χ2n) is 9.94. The molecule has 17 heteroatoms. The Bertz CT molecular complexity index is 1300. The van der Waals surface area contributed by atoms with Crippen LogP contribution >= 0.6 is 0 Å². The highest BCUT2D eigenvalue weighted by molar-refractivity contribution is 5.95. The number of alkyl halides is 6. The number of aliphatic hydroxyl groups excluding tert-OH is 1. The zero-order valence-corrected chi connectivity index (χ0v) is 22.4. The van der Waals surface area contributed by atoms with Crippen LogP contribution in [0.4, 0.5) is 40.8 Å². The van der Waals surface area contributed by atoms with Gasteiger partial charge in [0, 0.05) is 23.3 Å². The van der Waals surface area contributed by atoms with Gasteiger partial charge in [0.25, 0.3) is 5.91 Å². The Balaban J connectivity index is 0.000000646. The average Bonchev–Trinajstić information content (AvgIpc) is 3.17. The average molecular weight is 630 g/mol. The molecule has 238 valence electrons. The third-order valence-electron chi connectivity index (χ3n) is 7.03. The Morgan fingerprint density at radius 3 is 2.21 bits per heavy atom. The number of hydrogen-bond acceptors (Lipinski definition) is 7. The highest BCUT2D eigenvalue weighted by Gasteiger charge is 2.66. The van der Waals surface area contributed by atoms with Crippen LogP contribution in [0.2, 0.25) is 0 Å². The van der Waals surface area contributed by atoms with E-state index in [1.54, 1.807) is 0 Å². The second kappa shape index (κ2) is 13.0. The molecule has 0 saturated carbocycles. The summed E-state index contributed by atoms with van der Waals surface area (Å²) in [5.74, 6) is -9.61. The topological polar surface area (TPSA) is 127 Å². The van der Waals surface area contributed by atoms with Crippen LogP contribution in [0, 0.1) is 23.5 Å². The number of pyridine rings is 1. The number of aliphatic carboxylic acids is 1. The molecule has 2 aliphatic rings. The van der Waals surface area contributed by atoms with E-state index in [1.165, 1.54) is 25.3 Å². The van der Waals surface area contributed by atoms with E-state index >= 15 is 0 Å². The van der Waals surface area contributed by atoms with Gasteiger partial charge in [0.2, 0.25) is 5.82 Å². The van der Waals surface area contributed by atoms with E-state index in [4.69, 9.17) is 29.2 Å². The number of nitrogens with one attached hydrogen (secondary N) is 1. The number of carboxylic acid groups (broad SMARTS) is 1. The molecule has 3 N–H and O–H groups in total. The van der Waals surface area contributed by atoms with Crippen molar-refractivity contribution in [2.24, 2.45) is 11.8 Å². The molecule has 1 aromatic heterocycles. The van der Waals surface area contributed by atoms with Gasteiger partial charge in [0.15, 0.2) is 17.2 Å². The first kappa shape index (κ1) is 33.9. The standard InChI is InChI=1S/C24H25F5N2O5.C2HF3O2/c1-12-18(16-5-6-17(25)19(26)20(16)35-11-13-9-34-10-13)21(36-23(12,2)24(27,28)29)22(33)31-14-3-4-15(8-32)30-7-14;3-2(4,5)1(6)7/h3-7,12-13,18,21,32H,8-11H2,1-2H3,(H,31,33);(H,6,7)/t12-,18-,21+,23+;/m0./s1. The van der Waals surface area contributed by atoms with Gasteiger partial charge in [0.1, 0.15) is 6.10 Å². The third kappa shape index (κ3) is 7.51. The Hall–Kier alpha value is -3.57. The zero-order chi connectivity index (χ0) is 32.3. The fraction of sp³-hybridized carbons (Fsp3) is 0.500. The molecule has 0 aliphatic carbocycles.